The maximum Gasteiger partial charge on any atom is 0.220 e. The summed E-state index contributed by atoms with van der Waals surface area (Å²) in [5.41, 5.74) is 0. The highest BCUT2D eigenvalue weighted by atomic mass is 16.3. The van der Waals surface area contributed by atoms with Crippen LogP contribution >= 0.6 is 0 Å². The minimum Gasteiger partial charge on any atom is -0.394 e. The smallest absolute Gasteiger partial charge is 0.220 e. The second-order valence-electron chi connectivity index (χ2n) is 14.4. The molecule has 0 radical (unpaired) electrons. The number of amides is 1. The van der Waals surface area contributed by atoms with Crippen LogP contribution in [-0.4, -0.2) is 34.9 Å². The lowest BCUT2D eigenvalue weighted by Crippen LogP contribution is -2.45. The minimum atomic E-state index is -0.873. The van der Waals surface area contributed by atoms with Crippen LogP contribution in [0.1, 0.15) is 206 Å². The zero-order valence-electron chi connectivity index (χ0n) is 33.2. The Balaban J connectivity index is 3.67. The highest BCUT2D eigenvalue weighted by Gasteiger charge is 2.17. The van der Waals surface area contributed by atoms with E-state index in [0.29, 0.717) is 6.42 Å². The molecule has 1 amide bonds. The Morgan fingerprint density at radius 1 is 0.480 bits per heavy atom. The van der Waals surface area contributed by atoms with Crippen molar-refractivity contribution < 1.29 is 15.0 Å². The van der Waals surface area contributed by atoms with Gasteiger partial charge in [0, 0.05) is 6.42 Å². The van der Waals surface area contributed by atoms with Gasteiger partial charge in [0.15, 0.2) is 0 Å². The molecule has 0 saturated carbocycles. The maximum absolute atomic E-state index is 12.4. The Bertz CT molecular complexity index is 842. The summed E-state index contributed by atoms with van der Waals surface area (Å²) in [6.07, 6.45) is 57.5. The molecule has 0 aliphatic heterocycles. The van der Waals surface area contributed by atoms with Gasteiger partial charge in [-0.25, -0.2) is 0 Å². The molecule has 2 unspecified atom stereocenters. The van der Waals surface area contributed by atoms with Crippen molar-refractivity contribution in [2.45, 2.75) is 219 Å². The number of rotatable bonds is 38. The first-order chi connectivity index (χ1) is 24.7. The van der Waals surface area contributed by atoms with Crippen molar-refractivity contribution in [2.24, 2.45) is 0 Å². The molecule has 290 valence electrons. The molecule has 0 spiro atoms. The zero-order valence-corrected chi connectivity index (χ0v) is 33.2. The van der Waals surface area contributed by atoms with Crippen LogP contribution in [0.5, 0.6) is 0 Å². The fourth-order valence-corrected chi connectivity index (χ4v) is 6.12. The molecule has 0 saturated heterocycles. The largest absolute Gasteiger partial charge is 0.394 e. The fraction of sp³-hybridized carbons (Fsp3) is 0.761. The number of carbonyl (C=O) groups excluding carboxylic acids is 1. The SMILES string of the molecule is CCCCC/C=C\C/C=C\CCCCCCCCCCCC(=O)NC(CO)C(O)/C=C/CC/C=C/CC/C=C/CCCCCCCCCCC. The van der Waals surface area contributed by atoms with Gasteiger partial charge in [-0.15, -0.1) is 0 Å². The van der Waals surface area contributed by atoms with Crippen molar-refractivity contribution in [3.63, 3.8) is 0 Å². The molecule has 0 fully saturated rings. The number of allylic oxidation sites excluding steroid dienone is 9. The van der Waals surface area contributed by atoms with Gasteiger partial charge in [-0.3, -0.25) is 4.79 Å². The van der Waals surface area contributed by atoms with Crippen molar-refractivity contribution in [1.82, 2.24) is 5.32 Å². The summed E-state index contributed by atoms with van der Waals surface area (Å²) in [5, 5.41) is 23.0. The van der Waals surface area contributed by atoms with Gasteiger partial charge in [0.25, 0.3) is 0 Å². The molecule has 0 aliphatic carbocycles. The van der Waals surface area contributed by atoms with Crippen LogP contribution in [0.3, 0.4) is 0 Å². The normalized spacial score (nSPS) is 13.6. The van der Waals surface area contributed by atoms with E-state index in [2.05, 4.69) is 67.8 Å². The molecule has 0 rings (SSSR count). The predicted octanol–water partition coefficient (Wildman–Crippen LogP) is 13.3. The molecule has 3 N–H and O–H groups in total. The second kappa shape index (κ2) is 41.5. The second-order valence-corrected chi connectivity index (χ2v) is 14.4. The van der Waals surface area contributed by atoms with Crippen molar-refractivity contribution in [3.8, 4) is 0 Å². The predicted molar refractivity (Wildman–Crippen MR) is 221 cm³/mol. The van der Waals surface area contributed by atoms with Crippen LogP contribution in [0.4, 0.5) is 0 Å². The van der Waals surface area contributed by atoms with E-state index < -0.39 is 12.1 Å². The Labute approximate surface area is 311 Å². The van der Waals surface area contributed by atoms with Crippen LogP contribution < -0.4 is 5.32 Å². The van der Waals surface area contributed by atoms with Crippen LogP contribution in [-0.2, 0) is 4.79 Å². The molecule has 0 aromatic carbocycles. The fourth-order valence-electron chi connectivity index (χ4n) is 6.12. The zero-order chi connectivity index (χ0) is 36.4. The van der Waals surface area contributed by atoms with Gasteiger partial charge in [0.1, 0.15) is 0 Å². The summed E-state index contributed by atoms with van der Waals surface area (Å²) in [5.74, 6) is -0.0845. The summed E-state index contributed by atoms with van der Waals surface area (Å²) in [6.45, 7) is 4.26. The van der Waals surface area contributed by atoms with Crippen LogP contribution in [0.2, 0.25) is 0 Å². The van der Waals surface area contributed by atoms with E-state index >= 15 is 0 Å². The molecular weight excluding hydrogens is 615 g/mol. The highest BCUT2D eigenvalue weighted by molar-refractivity contribution is 5.76. The van der Waals surface area contributed by atoms with E-state index in [1.807, 2.05) is 6.08 Å². The number of aliphatic hydroxyl groups excluding tert-OH is 2. The van der Waals surface area contributed by atoms with E-state index in [0.717, 1.165) is 44.9 Å². The monoisotopic (exact) mass is 698 g/mol. The van der Waals surface area contributed by atoms with Crippen LogP contribution in [0.15, 0.2) is 60.8 Å². The molecule has 0 bridgehead atoms. The maximum atomic E-state index is 12.4. The third-order valence-electron chi connectivity index (χ3n) is 9.45. The summed E-state index contributed by atoms with van der Waals surface area (Å²) in [4.78, 5) is 12.4. The van der Waals surface area contributed by atoms with Gasteiger partial charge in [-0.2, -0.15) is 0 Å². The number of hydrogen-bond donors (Lipinski definition) is 3. The summed E-state index contributed by atoms with van der Waals surface area (Å²) < 4.78 is 0. The number of unbranched alkanes of at least 4 members (excludes halogenated alkanes) is 23. The summed E-state index contributed by atoms with van der Waals surface area (Å²) in [6, 6.07) is -0.649. The molecule has 0 aromatic rings. The lowest BCUT2D eigenvalue weighted by molar-refractivity contribution is -0.123. The first-order valence-corrected chi connectivity index (χ1v) is 21.5. The molecular formula is C46H83NO3. The number of aliphatic hydroxyl groups is 2. The lowest BCUT2D eigenvalue weighted by atomic mass is 10.1. The molecule has 0 heterocycles. The summed E-state index contributed by atoms with van der Waals surface area (Å²) in [7, 11) is 0. The van der Waals surface area contributed by atoms with Gasteiger partial charge in [-0.05, 0) is 77.0 Å². The van der Waals surface area contributed by atoms with Crippen LogP contribution in [0.25, 0.3) is 0 Å². The number of carbonyl (C=O) groups is 1. The Hall–Kier alpha value is -1.91. The minimum absolute atomic E-state index is 0.0845. The van der Waals surface area contributed by atoms with E-state index in [-0.39, 0.29) is 12.5 Å². The van der Waals surface area contributed by atoms with Gasteiger partial charge in [0.2, 0.25) is 5.91 Å². The summed E-state index contributed by atoms with van der Waals surface area (Å²) >= 11 is 0. The van der Waals surface area contributed by atoms with Gasteiger partial charge < -0.3 is 15.5 Å². The third kappa shape index (κ3) is 37.3. The molecule has 4 heteroatoms. The Kier molecular flexibility index (Phi) is 39.9. The first-order valence-electron chi connectivity index (χ1n) is 21.5. The number of nitrogens with one attached hydrogen (secondary N) is 1. The third-order valence-corrected chi connectivity index (χ3v) is 9.45. The van der Waals surface area contributed by atoms with Gasteiger partial charge in [-0.1, -0.05) is 184 Å². The highest BCUT2D eigenvalue weighted by Crippen LogP contribution is 2.13. The van der Waals surface area contributed by atoms with Crippen molar-refractivity contribution >= 4 is 5.91 Å². The molecule has 50 heavy (non-hydrogen) atoms. The van der Waals surface area contributed by atoms with Crippen molar-refractivity contribution in [1.29, 1.82) is 0 Å². The molecule has 0 aromatic heterocycles. The quantitative estimate of drug-likeness (QED) is 0.0444. The Morgan fingerprint density at radius 2 is 0.840 bits per heavy atom. The van der Waals surface area contributed by atoms with Crippen molar-refractivity contribution in [3.05, 3.63) is 60.8 Å². The van der Waals surface area contributed by atoms with Crippen molar-refractivity contribution in [2.75, 3.05) is 6.61 Å². The molecule has 4 nitrogen and oxygen atoms in total. The molecule has 0 aliphatic rings. The van der Waals surface area contributed by atoms with E-state index in [1.165, 1.54) is 141 Å². The average Bonchev–Trinajstić information content (AvgIpc) is 3.12. The van der Waals surface area contributed by atoms with E-state index in [9.17, 15) is 15.0 Å². The van der Waals surface area contributed by atoms with Crippen LogP contribution in [0, 0.1) is 0 Å². The number of hydrogen-bond acceptors (Lipinski definition) is 3. The standard InChI is InChI=1S/C46H83NO3/c1-3-5-7-9-11-13-15-17-19-21-23-25-27-29-31-33-35-37-39-41-45(49)44(43-48)47-46(50)42-40-38-36-34-32-30-28-26-24-22-20-18-16-14-12-10-8-6-4-2/h12,14,18,20,23,25,31,33,39,41,44-45,48-49H,3-11,13,15-17,19,21-22,24,26-30,32,34-38,40,42-43H2,1-2H3,(H,47,50)/b14-12-,20-18-,25-23+,33-31+,41-39+. The van der Waals surface area contributed by atoms with Gasteiger partial charge in [0.05, 0.1) is 18.8 Å². The Morgan fingerprint density at radius 3 is 1.32 bits per heavy atom. The molecule has 2 atom stereocenters. The van der Waals surface area contributed by atoms with E-state index in [4.69, 9.17) is 0 Å². The average molecular weight is 698 g/mol. The topological polar surface area (TPSA) is 69.6 Å². The lowest BCUT2D eigenvalue weighted by Gasteiger charge is -2.19. The first kappa shape index (κ1) is 48.1. The van der Waals surface area contributed by atoms with Gasteiger partial charge >= 0.3 is 0 Å². The van der Waals surface area contributed by atoms with E-state index in [1.54, 1.807) is 6.08 Å².